The van der Waals surface area contributed by atoms with E-state index < -0.39 is 0 Å². The van der Waals surface area contributed by atoms with Gasteiger partial charge in [-0.25, -0.2) is 0 Å². The zero-order valence-electron chi connectivity index (χ0n) is 21.3. The summed E-state index contributed by atoms with van der Waals surface area (Å²) in [5, 5.41) is 10.4. The van der Waals surface area contributed by atoms with Crippen molar-refractivity contribution in [2.45, 2.75) is 42.9 Å². The average Bonchev–Trinajstić information content (AvgIpc) is 3.31. The van der Waals surface area contributed by atoms with Crippen LogP contribution in [0.2, 0.25) is 0 Å². The molecule has 0 amide bonds. The van der Waals surface area contributed by atoms with Gasteiger partial charge in [0.05, 0.1) is 17.3 Å². The quantitative estimate of drug-likeness (QED) is 0.269. The van der Waals surface area contributed by atoms with Gasteiger partial charge in [0.15, 0.2) is 0 Å². The summed E-state index contributed by atoms with van der Waals surface area (Å²) in [6, 6.07) is 23.7. The van der Waals surface area contributed by atoms with Crippen molar-refractivity contribution in [3.05, 3.63) is 89.1 Å². The number of aryl methyl sites for hydroxylation is 3. The largest absolute Gasteiger partial charge is 0.368 e. The maximum atomic E-state index is 9.21. The Balaban J connectivity index is 1.12. The van der Waals surface area contributed by atoms with E-state index in [4.69, 9.17) is 0 Å². The fourth-order valence-electron chi connectivity index (χ4n) is 5.16. The van der Waals surface area contributed by atoms with E-state index in [1.54, 1.807) is 0 Å². The molecule has 4 aromatic rings. The average molecular weight is 495 g/mol. The van der Waals surface area contributed by atoms with Gasteiger partial charge in [0, 0.05) is 53.1 Å². The monoisotopic (exact) mass is 494 g/mol. The Hall–Kier alpha value is -3.20. The number of unbranched alkanes of at least 4 members (excludes halogenated alkanes) is 1. The normalized spacial score (nSPS) is 14.3. The Morgan fingerprint density at radius 2 is 1.75 bits per heavy atom. The van der Waals surface area contributed by atoms with Crippen molar-refractivity contribution in [3.8, 4) is 6.07 Å². The van der Waals surface area contributed by atoms with Gasteiger partial charge in [-0.05, 0) is 87.2 Å². The molecule has 4 nitrogen and oxygen atoms in total. The standard InChI is InChI=1S/C31H34N4S/c1-23-10-13-30(24(2)19-23)36-31-9-4-3-8-29(31)35-17-15-34(16-18-35)14-6-5-7-26-22-33-28-12-11-25(21-32)20-27(26)28/h3-4,8-13,19-20,22,33H,5-7,14-18H2,1-2H3. The van der Waals surface area contributed by atoms with E-state index in [0.717, 1.165) is 50.2 Å². The third-order valence-corrected chi connectivity index (χ3v) is 8.44. The second kappa shape index (κ2) is 11.2. The van der Waals surface area contributed by atoms with E-state index in [0.29, 0.717) is 0 Å². The molecular formula is C31H34N4S. The van der Waals surface area contributed by atoms with Gasteiger partial charge in [0.2, 0.25) is 0 Å². The zero-order chi connectivity index (χ0) is 24.9. The first-order chi connectivity index (χ1) is 17.6. The van der Waals surface area contributed by atoms with E-state index in [1.165, 1.54) is 50.4 Å². The molecule has 3 aromatic carbocycles. The molecule has 0 saturated carbocycles. The fraction of sp³-hybridized carbons (Fsp3) is 0.323. The van der Waals surface area contributed by atoms with Crippen LogP contribution >= 0.6 is 11.8 Å². The Morgan fingerprint density at radius 3 is 2.56 bits per heavy atom. The lowest BCUT2D eigenvalue weighted by Gasteiger charge is -2.37. The van der Waals surface area contributed by atoms with Crippen molar-refractivity contribution in [3.63, 3.8) is 0 Å². The highest BCUT2D eigenvalue weighted by Gasteiger charge is 2.19. The number of rotatable bonds is 8. The van der Waals surface area contributed by atoms with Gasteiger partial charge in [-0.1, -0.05) is 41.6 Å². The molecular weight excluding hydrogens is 460 g/mol. The van der Waals surface area contributed by atoms with Crippen molar-refractivity contribution >= 4 is 28.4 Å². The van der Waals surface area contributed by atoms with Crippen molar-refractivity contribution in [2.24, 2.45) is 0 Å². The highest BCUT2D eigenvalue weighted by molar-refractivity contribution is 7.99. The summed E-state index contributed by atoms with van der Waals surface area (Å²) in [5.41, 5.74) is 7.20. The van der Waals surface area contributed by atoms with Crippen LogP contribution in [-0.4, -0.2) is 42.6 Å². The van der Waals surface area contributed by atoms with Gasteiger partial charge < -0.3 is 9.88 Å². The number of H-pyrrole nitrogens is 1. The minimum Gasteiger partial charge on any atom is -0.368 e. The SMILES string of the molecule is Cc1ccc(Sc2ccccc2N2CCN(CCCCc3c[nH]c4ccc(C#N)cc34)CC2)c(C)c1. The van der Waals surface area contributed by atoms with Crippen LogP contribution in [0.1, 0.15) is 35.1 Å². The molecule has 36 heavy (non-hydrogen) atoms. The molecule has 0 aliphatic carbocycles. The van der Waals surface area contributed by atoms with Gasteiger partial charge in [-0.15, -0.1) is 0 Å². The Labute approximate surface area is 218 Å². The number of fused-ring (bicyclic) bond motifs is 1. The molecule has 1 saturated heterocycles. The Kier molecular flexibility index (Phi) is 7.65. The second-order valence-electron chi connectivity index (χ2n) is 9.81. The molecule has 5 heteroatoms. The highest BCUT2D eigenvalue weighted by Crippen LogP contribution is 2.37. The van der Waals surface area contributed by atoms with Gasteiger partial charge in [0.1, 0.15) is 0 Å². The maximum Gasteiger partial charge on any atom is 0.0991 e. The lowest BCUT2D eigenvalue weighted by molar-refractivity contribution is 0.253. The smallest absolute Gasteiger partial charge is 0.0991 e. The van der Waals surface area contributed by atoms with Crippen molar-refractivity contribution < 1.29 is 0 Å². The number of hydrogen-bond donors (Lipinski definition) is 1. The first kappa shape index (κ1) is 24.5. The van der Waals surface area contributed by atoms with Crippen LogP contribution in [0.25, 0.3) is 10.9 Å². The predicted octanol–water partition coefficient (Wildman–Crippen LogP) is 6.95. The molecule has 1 aliphatic rings. The zero-order valence-corrected chi connectivity index (χ0v) is 22.1. The molecule has 184 valence electrons. The molecule has 1 aromatic heterocycles. The van der Waals surface area contributed by atoms with Gasteiger partial charge in [-0.2, -0.15) is 5.26 Å². The molecule has 2 heterocycles. The summed E-state index contributed by atoms with van der Waals surface area (Å²) in [4.78, 5) is 11.2. The first-order valence-electron chi connectivity index (χ1n) is 12.9. The summed E-state index contributed by atoms with van der Waals surface area (Å²) >= 11 is 1.89. The summed E-state index contributed by atoms with van der Waals surface area (Å²) in [5.74, 6) is 0. The number of piperazine rings is 1. The summed E-state index contributed by atoms with van der Waals surface area (Å²) < 4.78 is 0. The number of aromatic nitrogens is 1. The molecule has 0 unspecified atom stereocenters. The highest BCUT2D eigenvalue weighted by atomic mass is 32.2. The molecule has 0 atom stereocenters. The molecule has 1 fully saturated rings. The molecule has 1 aliphatic heterocycles. The number of nitrogens with zero attached hydrogens (tertiary/aromatic N) is 3. The molecule has 1 N–H and O–H groups in total. The second-order valence-corrected chi connectivity index (χ2v) is 10.9. The van der Waals surface area contributed by atoms with Gasteiger partial charge in [-0.3, -0.25) is 4.90 Å². The van der Waals surface area contributed by atoms with Crippen molar-refractivity contribution in [1.82, 2.24) is 9.88 Å². The minimum atomic E-state index is 0.732. The summed E-state index contributed by atoms with van der Waals surface area (Å²) in [7, 11) is 0. The van der Waals surface area contributed by atoms with Gasteiger partial charge >= 0.3 is 0 Å². The van der Waals surface area contributed by atoms with Crippen LogP contribution < -0.4 is 4.90 Å². The molecule has 0 radical (unpaired) electrons. The van der Waals surface area contributed by atoms with Crippen LogP contribution in [0.4, 0.5) is 5.69 Å². The topological polar surface area (TPSA) is 46.1 Å². The molecule has 5 rings (SSSR count). The number of nitriles is 1. The molecule has 0 bridgehead atoms. The Bertz CT molecular complexity index is 1380. The van der Waals surface area contributed by atoms with E-state index in [9.17, 15) is 5.26 Å². The predicted molar refractivity (Wildman–Crippen MR) is 151 cm³/mol. The number of anilines is 1. The Morgan fingerprint density at radius 1 is 0.917 bits per heavy atom. The van der Waals surface area contributed by atoms with Crippen LogP contribution in [0, 0.1) is 25.2 Å². The minimum absolute atomic E-state index is 0.732. The maximum absolute atomic E-state index is 9.21. The number of benzene rings is 3. The van der Waals surface area contributed by atoms with E-state index in [1.807, 2.05) is 30.0 Å². The number of aromatic amines is 1. The lowest BCUT2D eigenvalue weighted by atomic mass is 10.1. The summed E-state index contributed by atoms with van der Waals surface area (Å²) in [6.45, 7) is 9.88. The van der Waals surface area contributed by atoms with Crippen molar-refractivity contribution in [2.75, 3.05) is 37.6 Å². The third-order valence-electron chi connectivity index (χ3n) is 7.20. The third kappa shape index (κ3) is 5.61. The van der Waals surface area contributed by atoms with Crippen LogP contribution in [0.5, 0.6) is 0 Å². The summed E-state index contributed by atoms with van der Waals surface area (Å²) in [6.07, 6.45) is 5.53. The van der Waals surface area contributed by atoms with E-state index in [2.05, 4.69) is 83.4 Å². The number of hydrogen-bond acceptors (Lipinski definition) is 4. The fourth-order valence-corrected chi connectivity index (χ4v) is 6.20. The number of nitrogens with one attached hydrogen (secondary N) is 1. The number of para-hydroxylation sites is 1. The molecule has 0 spiro atoms. The van der Waals surface area contributed by atoms with Crippen molar-refractivity contribution in [1.29, 1.82) is 5.26 Å². The first-order valence-corrected chi connectivity index (χ1v) is 13.7. The van der Waals surface area contributed by atoms with Crippen LogP contribution in [0.15, 0.2) is 76.7 Å². The van der Waals surface area contributed by atoms with Crippen LogP contribution in [0.3, 0.4) is 0 Å². The lowest BCUT2D eigenvalue weighted by Crippen LogP contribution is -2.46. The van der Waals surface area contributed by atoms with E-state index in [-0.39, 0.29) is 0 Å². The van der Waals surface area contributed by atoms with Gasteiger partial charge in [0.25, 0.3) is 0 Å². The van der Waals surface area contributed by atoms with E-state index >= 15 is 0 Å². The van der Waals surface area contributed by atoms with Crippen LogP contribution in [-0.2, 0) is 6.42 Å².